The zero-order chi connectivity index (χ0) is 22.0. The number of halogens is 2. The summed E-state index contributed by atoms with van der Waals surface area (Å²) in [6.07, 6.45) is 3.55. The van der Waals surface area contributed by atoms with Gasteiger partial charge >= 0.3 is 0 Å². The van der Waals surface area contributed by atoms with E-state index in [1.54, 1.807) is 36.4 Å². The second-order valence-electron chi connectivity index (χ2n) is 7.20. The van der Waals surface area contributed by atoms with Crippen molar-refractivity contribution in [3.05, 3.63) is 63.8 Å². The summed E-state index contributed by atoms with van der Waals surface area (Å²) in [5.41, 5.74) is 1.41. The molecule has 2 fully saturated rings. The molecule has 2 aromatic rings. The quantitative estimate of drug-likeness (QED) is 0.653. The molecule has 0 unspecified atom stereocenters. The molecule has 3 amide bonds. The molecule has 6 nitrogen and oxygen atoms in total. The molecule has 9 heteroatoms. The molecule has 2 saturated heterocycles. The van der Waals surface area contributed by atoms with Crippen molar-refractivity contribution in [2.45, 2.75) is 12.8 Å². The van der Waals surface area contributed by atoms with Gasteiger partial charge in [-0.15, -0.1) is 0 Å². The summed E-state index contributed by atoms with van der Waals surface area (Å²) in [6, 6.07) is 11.4. The van der Waals surface area contributed by atoms with Crippen LogP contribution in [0.15, 0.2) is 47.4 Å². The second kappa shape index (κ2) is 9.11. The lowest BCUT2D eigenvalue weighted by Gasteiger charge is -2.18. The minimum Gasteiger partial charge on any atom is -0.369 e. The Labute approximate surface area is 188 Å². The molecule has 2 aromatic carbocycles. The van der Waals surface area contributed by atoms with Crippen molar-refractivity contribution >= 4 is 57.9 Å². The Kier molecular flexibility index (Phi) is 6.29. The van der Waals surface area contributed by atoms with E-state index in [0.717, 1.165) is 42.6 Å². The summed E-state index contributed by atoms with van der Waals surface area (Å²) >= 11 is 6.74. The minimum atomic E-state index is -0.590. The molecular weight excluding hydrogens is 441 g/mol. The number of para-hydroxylation sites is 1. The first-order valence-electron chi connectivity index (χ1n) is 9.76. The first-order valence-corrected chi connectivity index (χ1v) is 11.0. The Morgan fingerprint density at radius 2 is 1.90 bits per heavy atom. The van der Waals surface area contributed by atoms with Crippen molar-refractivity contribution in [2.24, 2.45) is 0 Å². The van der Waals surface area contributed by atoms with Gasteiger partial charge in [-0.25, -0.2) is 4.39 Å². The summed E-state index contributed by atoms with van der Waals surface area (Å²) in [6.45, 7) is 1.21. The van der Waals surface area contributed by atoms with Crippen molar-refractivity contribution in [3.8, 4) is 0 Å². The van der Waals surface area contributed by atoms with Crippen molar-refractivity contribution in [2.75, 3.05) is 29.9 Å². The van der Waals surface area contributed by atoms with E-state index in [9.17, 15) is 18.8 Å². The standard InChI is InChI=1S/C22H19ClFN3O3S/c23-15-5-1-2-6-17(15)25-20(28)13-27-21(29)19(31-22(27)30)12-14-7-8-18(16(24)11-14)26-9-3-4-10-26/h1-2,5-8,11-12H,3-4,9-10,13H2,(H,25,28)/b19-12+. The normalized spacial score (nSPS) is 17.7. The number of nitrogens with zero attached hydrogens (tertiary/aromatic N) is 2. The van der Waals surface area contributed by atoms with Crippen LogP contribution < -0.4 is 10.2 Å². The highest BCUT2D eigenvalue weighted by atomic mass is 35.5. The van der Waals surface area contributed by atoms with Crippen LogP contribution in [0.1, 0.15) is 18.4 Å². The third-order valence-corrected chi connectivity index (χ3v) is 6.28. The van der Waals surface area contributed by atoms with Crippen LogP contribution in [0.5, 0.6) is 0 Å². The number of rotatable bonds is 5. The Bertz CT molecular complexity index is 1090. The number of hydrogen-bond donors (Lipinski definition) is 1. The van der Waals surface area contributed by atoms with E-state index in [-0.39, 0.29) is 10.7 Å². The number of thioether (sulfide) groups is 1. The number of carbonyl (C=O) groups excluding carboxylic acids is 3. The number of nitrogens with one attached hydrogen (secondary N) is 1. The van der Waals surface area contributed by atoms with E-state index >= 15 is 0 Å². The van der Waals surface area contributed by atoms with Crippen LogP contribution >= 0.6 is 23.4 Å². The molecule has 0 aliphatic carbocycles. The molecule has 0 saturated carbocycles. The van der Waals surface area contributed by atoms with Crippen LogP contribution in [-0.4, -0.2) is 41.6 Å². The second-order valence-corrected chi connectivity index (χ2v) is 8.60. The molecular formula is C22H19ClFN3O3S. The van der Waals surface area contributed by atoms with E-state index in [0.29, 0.717) is 22.0 Å². The highest BCUT2D eigenvalue weighted by Crippen LogP contribution is 2.33. The van der Waals surface area contributed by atoms with Gasteiger partial charge < -0.3 is 10.2 Å². The van der Waals surface area contributed by atoms with Crippen molar-refractivity contribution < 1.29 is 18.8 Å². The number of amides is 3. The molecule has 1 N–H and O–H groups in total. The van der Waals surface area contributed by atoms with Crippen LogP contribution in [0.2, 0.25) is 5.02 Å². The molecule has 0 spiro atoms. The van der Waals surface area contributed by atoms with E-state index in [4.69, 9.17) is 11.6 Å². The smallest absolute Gasteiger partial charge is 0.294 e. The topological polar surface area (TPSA) is 69.7 Å². The first-order chi connectivity index (χ1) is 14.9. The van der Waals surface area contributed by atoms with Crippen LogP contribution in [0.4, 0.5) is 20.6 Å². The zero-order valence-electron chi connectivity index (χ0n) is 16.4. The molecule has 0 atom stereocenters. The fourth-order valence-corrected chi connectivity index (χ4v) is 4.53. The van der Waals surface area contributed by atoms with Gasteiger partial charge in [-0.2, -0.15) is 0 Å². The molecule has 2 aliphatic rings. The fraction of sp³-hybridized carbons (Fsp3) is 0.227. The van der Waals surface area contributed by atoms with Gasteiger partial charge in [-0.3, -0.25) is 19.3 Å². The van der Waals surface area contributed by atoms with E-state index in [1.807, 2.05) is 4.90 Å². The molecule has 31 heavy (non-hydrogen) atoms. The number of benzene rings is 2. The number of imide groups is 1. The average molecular weight is 460 g/mol. The molecule has 0 radical (unpaired) electrons. The average Bonchev–Trinajstić information content (AvgIpc) is 3.35. The predicted octanol–water partition coefficient (Wildman–Crippen LogP) is 4.75. The lowest BCUT2D eigenvalue weighted by molar-refractivity contribution is -0.127. The highest BCUT2D eigenvalue weighted by molar-refractivity contribution is 8.18. The summed E-state index contributed by atoms with van der Waals surface area (Å²) in [5, 5.41) is 2.38. The third kappa shape index (κ3) is 4.75. The van der Waals surface area contributed by atoms with Crippen molar-refractivity contribution in [1.29, 1.82) is 0 Å². The number of anilines is 2. The maximum Gasteiger partial charge on any atom is 0.294 e. The SMILES string of the molecule is O=C(CN1C(=O)S/C(=C/c2ccc(N3CCCC3)c(F)c2)C1=O)Nc1ccccc1Cl. The summed E-state index contributed by atoms with van der Waals surface area (Å²) in [7, 11) is 0. The maximum atomic E-state index is 14.5. The Morgan fingerprint density at radius 3 is 2.61 bits per heavy atom. The summed E-state index contributed by atoms with van der Waals surface area (Å²) in [5.74, 6) is -1.50. The van der Waals surface area contributed by atoms with Gasteiger partial charge in [-0.05, 0) is 60.5 Å². The molecule has 0 bridgehead atoms. The molecule has 160 valence electrons. The van der Waals surface area contributed by atoms with Gasteiger partial charge in [0.1, 0.15) is 12.4 Å². The highest BCUT2D eigenvalue weighted by Gasteiger charge is 2.36. The number of carbonyl (C=O) groups is 3. The third-order valence-electron chi connectivity index (χ3n) is 5.04. The van der Waals surface area contributed by atoms with Gasteiger partial charge in [-0.1, -0.05) is 29.8 Å². The van der Waals surface area contributed by atoms with E-state index in [1.165, 1.54) is 12.1 Å². The van der Waals surface area contributed by atoms with E-state index in [2.05, 4.69) is 5.32 Å². The Morgan fingerprint density at radius 1 is 1.16 bits per heavy atom. The van der Waals surface area contributed by atoms with Crippen LogP contribution in [0.25, 0.3) is 6.08 Å². The molecule has 2 heterocycles. The lowest BCUT2D eigenvalue weighted by Crippen LogP contribution is -2.36. The largest absolute Gasteiger partial charge is 0.369 e. The van der Waals surface area contributed by atoms with Gasteiger partial charge in [0.05, 0.1) is 21.3 Å². The van der Waals surface area contributed by atoms with Crippen molar-refractivity contribution in [3.63, 3.8) is 0 Å². The van der Waals surface area contributed by atoms with Gasteiger partial charge in [0.2, 0.25) is 5.91 Å². The molecule has 4 rings (SSSR count). The van der Waals surface area contributed by atoms with Crippen molar-refractivity contribution in [1.82, 2.24) is 4.90 Å². The molecule has 2 aliphatic heterocycles. The Balaban J connectivity index is 1.45. The summed E-state index contributed by atoms with van der Waals surface area (Å²) < 4.78 is 14.5. The minimum absolute atomic E-state index is 0.142. The van der Waals surface area contributed by atoms with Crippen LogP contribution in [0.3, 0.4) is 0 Å². The van der Waals surface area contributed by atoms with Gasteiger partial charge in [0.25, 0.3) is 11.1 Å². The number of hydrogen-bond acceptors (Lipinski definition) is 5. The zero-order valence-corrected chi connectivity index (χ0v) is 18.0. The van der Waals surface area contributed by atoms with E-state index < -0.39 is 23.6 Å². The summed E-state index contributed by atoms with van der Waals surface area (Å²) in [4.78, 5) is 40.2. The maximum absolute atomic E-state index is 14.5. The van der Waals surface area contributed by atoms with Crippen LogP contribution in [-0.2, 0) is 9.59 Å². The lowest BCUT2D eigenvalue weighted by atomic mass is 10.1. The van der Waals surface area contributed by atoms with Gasteiger partial charge in [0, 0.05) is 13.1 Å². The fourth-order valence-electron chi connectivity index (χ4n) is 3.51. The first kappa shape index (κ1) is 21.4. The van der Waals surface area contributed by atoms with Crippen LogP contribution in [0, 0.1) is 5.82 Å². The monoisotopic (exact) mass is 459 g/mol. The van der Waals surface area contributed by atoms with Gasteiger partial charge in [0.15, 0.2) is 0 Å². The predicted molar refractivity (Wildman–Crippen MR) is 121 cm³/mol. The molecule has 0 aromatic heterocycles. The Hall–Kier alpha value is -2.84.